The van der Waals surface area contributed by atoms with Gasteiger partial charge < -0.3 is 14.4 Å². The molecule has 2 aliphatic heterocycles. The fraction of sp³-hybridized carbons (Fsp3) is 0.706. The van der Waals surface area contributed by atoms with Gasteiger partial charge in [0, 0.05) is 19.7 Å². The molecule has 3 heterocycles. The number of rotatable bonds is 3. The Morgan fingerprint density at radius 3 is 2.72 bits per heavy atom. The van der Waals surface area contributed by atoms with Crippen LogP contribution in [-0.4, -0.2) is 65.2 Å². The van der Waals surface area contributed by atoms with Gasteiger partial charge in [0.1, 0.15) is 5.60 Å². The third-order valence-electron chi connectivity index (χ3n) is 4.40. The standard InChI is InChI=1S/C17H25ClN4O3/c1-17(2,3)25-16(23)22(13-7-9-24-11-13)12-6-8-21(10-12)15-5-4-14(18)19-20-15/h4-5,12-13H,6-11H2,1-3H3. The predicted molar refractivity (Wildman–Crippen MR) is 95.0 cm³/mol. The van der Waals surface area contributed by atoms with Gasteiger partial charge in [0.2, 0.25) is 0 Å². The fourth-order valence-electron chi connectivity index (χ4n) is 3.31. The van der Waals surface area contributed by atoms with Crippen molar-refractivity contribution in [3.05, 3.63) is 17.3 Å². The van der Waals surface area contributed by atoms with Crippen molar-refractivity contribution in [1.29, 1.82) is 0 Å². The molecular weight excluding hydrogens is 344 g/mol. The van der Waals surface area contributed by atoms with E-state index < -0.39 is 5.60 Å². The molecule has 2 aliphatic rings. The number of halogens is 1. The number of nitrogens with zero attached hydrogens (tertiary/aromatic N) is 4. The Balaban J connectivity index is 1.73. The minimum atomic E-state index is -0.519. The third kappa shape index (κ3) is 4.52. The van der Waals surface area contributed by atoms with E-state index in [9.17, 15) is 4.79 Å². The summed E-state index contributed by atoms with van der Waals surface area (Å²) in [5.41, 5.74) is -0.519. The van der Waals surface area contributed by atoms with E-state index in [4.69, 9.17) is 21.1 Å². The molecule has 0 aliphatic carbocycles. The highest BCUT2D eigenvalue weighted by Crippen LogP contribution is 2.27. The molecule has 8 heteroatoms. The van der Waals surface area contributed by atoms with E-state index in [-0.39, 0.29) is 18.2 Å². The number of carbonyl (C=O) groups is 1. The molecule has 0 radical (unpaired) electrons. The summed E-state index contributed by atoms with van der Waals surface area (Å²) in [6, 6.07) is 3.72. The lowest BCUT2D eigenvalue weighted by Gasteiger charge is -2.35. The molecule has 0 N–H and O–H groups in total. The smallest absolute Gasteiger partial charge is 0.410 e. The first-order valence-electron chi connectivity index (χ1n) is 8.67. The van der Waals surface area contributed by atoms with Crippen LogP contribution in [0.1, 0.15) is 33.6 Å². The molecule has 1 aromatic rings. The molecule has 0 spiro atoms. The molecule has 1 amide bonds. The van der Waals surface area contributed by atoms with Crippen molar-refractivity contribution in [2.75, 3.05) is 31.2 Å². The van der Waals surface area contributed by atoms with Gasteiger partial charge in [-0.15, -0.1) is 10.2 Å². The number of hydrogen-bond donors (Lipinski definition) is 0. The molecule has 138 valence electrons. The fourth-order valence-corrected chi connectivity index (χ4v) is 3.41. The van der Waals surface area contributed by atoms with Gasteiger partial charge in [0.25, 0.3) is 0 Å². The molecule has 3 rings (SSSR count). The molecule has 7 nitrogen and oxygen atoms in total. The Kier molecular flexibility index (Phi) is 5.34. The van der Waals surface area contributed by atoms with Crippen molar-refractivity contribution in [3.63, 3.8) is 0 Å². The quantitative estimate of drug-likeness (QED) is 0.817. The number of ether oxygens (including phenoxy) is 2. The maximum atomic E-state index is 12.8. The van der Waals surface area contributed by atoms with E-state index >= 15 is 0 Å². The first kappa shape index (κ1) is 18.2. The molecule has 2 unspecified atom stereocenters. The van der Waals surface area contributed by atoms with Gasteiger partial charge in [-0.1, -0.05) is 11.6 Å². The Bertz CT molecular complexity index is 599. The first-order valence-corrected chi connectivity index (χ1v) is 9.04. The van der Waals surface area contributed by atoms with E-state index in [0.29, 0.717) is 24.9 Å². The van der Waals surface area contributed by atoms with E-state index in [2.05, 4.69) is 15.1 Å². The van der Waals surface area contributed by atoms with Gasteiger partial charge in [-0.25, -0.2) is 4.79 Å². The number of anilines is 1. The average molecular weight is 369 g/mol. The maximum absolute atomic E-state index is 12.8. The number of carbonyl (C=O) groups excluding carboxylic acids is 1. The van der Waals surface area contributed by atoms with Crippen LogP contribution in [0.2, 0.25) is 5.15 Å². The Morgan fingerprint density at radius 1 is 1.32 bits per heavy atom. The summed E-state index contributed by atoms with van der Waals surface area (Å²) in [6.45, 7) is 8.43. The van der Waals surface area contributed by atoms with E-state index in [0.717, 1.165) is 25.2 Å². The molecule has 2 saturated heterocycles. The van der Waals surface area contributed by atoms with Crippen LogP contribution < -0.4 is 4.90 Å². The molecule has 0 aromatic carbocycles. The largest absolute Gasteiger partial charge is 0.444 e. The number of amides is 1. The van der Waals surface area contributed by atoms with Gasteiger partial charge >= 0.3 is 6.09 Å². The highest BCUT2D eigenvalue weighted by Gasteiger charge is 2.39. The van der Waals surface area contributed by atoms with Crippen LogP contribution in [0.5, 0.6) is 0 Å². The minimum absolute atomic E-state index is 0.0658. The van der Waals surface area contributed by atoms with Crippen LogP contribution in [0.15, 0.2) is 12.1 Å². The average Bonchev–Trinajstić information content (AvgIpc) is 3.19. The lowest BCUT2D eigenvalue weighted by Crippen LogP contribution is -2.50. The predicted octanol–water partition coefficient (Wildman–Crippen LogP) is 2.73. The zero-order valence-corrected chi connectivity index (χ0v) is 15.7. The SMILES string of the molecule is CC(C)(C)OC(=O)N(C1CCOC1)C1CCN(c2ccc(Cl)nn2)C1. The van der Waals surface area contributed by atoms with Crippen molar-refractivity contribution < 1.29 is 14.3 Å². The van der Waals surface area contributed by atoms with E-state index in [1.807, 2.05) is 31.7 Å². The molecule has 2 fully saturated rings. The lowest BCUT2D eigenvalue weighted by molar-refractivity contribution is 0.00556. The molecule has 0 saturated carbocycles. The summed E-state index contributed by atoms with van der Waals surface area (Å²) >= 11 is 5.81. The van der Waals surface area contributed by atoms with Gasteiger partial charge in [-0.2, -0.15) is 0 Å². The molecule has 2 atom stereocenters. The highest BCUT2D eigenvalue weighted by molar-refractivity contribution is 6.29. The van der Waals surface area contributed by atoms with Gasteiger partial charge in [0.05, 0.1) is 18.7 Å². The highest BCUT2D eigenvalue weighted by atomic mass is 35.5. The van der Waals surface area contributed by atoms with Crippen LogP contribution in [0.25, 0.3) is 0 Å². The van der Waals surface area contributed by atoms with Crippen LogP contribution in [-0.2, 0) is 9.47 Å². The maximum Gasteiger partial charge on any atom is 0.410 e. The van der Waals surface area contributed by atoms with Crippen LogP contribution >= 0.6 is 11.6 Å². The topological polar surface area (TPSA) is 67.8 Å². The number of hydrogen-bond acceptors (Lipinski definition) is 6. The summed E-state index contributed by atoms with van der Waals surface area (Å²) < 4.78 is 11.2. The Labute approximate surface area is 153 Å². The third-order valence-corrected chi connectivity index (χ3v) is 4.60. The normalized spacial score (nSPS) is 23.8. The van der Waals surface area contributed by atoms with Gasteiger partial charge in [-0.05, 0) is 45.7 Å². The lowest BCUT2D eigenvalue weighted by atomic mass is 10.1. The number of aromatic nitrogens is 2. The van der Waals surface area contributed by atoms with Crippen molar-refractivity contribution >= 4 is 23.5 Å². The van der Waals surface area contributed by atoms with E-state index in [1.54, 1.807) is 6.07 Å². The summed E-state index contributed by atoms with van der Waals surface area (Å²) in [7, 11) is 0. The summed E-state index contributed by atoms with van der Waals surface area (Å²) in [4.78, 5) is 16.8. The monoisotopic (exact) mass is 368 g/mol. The minimum Gasteiger partial charge on any atom is -0.444 e. The zero-order valence-electron chi connectivity index (χ0n) is 14.9. The zero-order chi connectivity index (χ0) is 18.0. The van der Waals surface area contributed by atoms with Gasteiger partial charge in [-0.3, -0.25) is 4.90 Å². The summed E-state index contributed by atoms with van der Waals surface area (Å²) in [6.07, 6.45) is 1.44. The van der Waals surface area contributed by atoms with Crippen molar-refractivity contribution in [2.24, 2.45) is 0 Å². The Morgan fingerprint density at radius 2 is 2.12 bits per heavy atom. The second-order valence-corrected chi connectivity index (χ2v) is 7.90. The van der Waals surface area contributed by atoms with E-state index in [1.165, 1.54) is 0 Å². The second-order valence-electron chi connectivity index (χ2n) is 7.51. The second kappa shape index (κ2) is 7.33. The molecular formula is C17H25ClN4O3. The first-order chi connectivity index (χ1) is 11.8. The van der Waals surface area contributed by atoms with Gasteiger partial charge in [0.15, 0.2) is 11.0 Å². The van der Waals surface area contributed by atoms with Crippen molar-refractivity contribution in [2.45, 2.75) is 51.3 Å². The molecule has 0 bridgehead atoms. The van der Waals surface area contributed by atoms with Crippen molar-refractivity contribution in [1.82, 2.24) is 15.1 Å². The van der Waals surface area contributed by atoms with Crippen LogP contribution in [0, 0.1) is 0 Å². The molecule has 1 aromatic heterocycles. The van der Waals surface area contributed by atoms with Crippen LogP contribution in [0.4, 0.5) is 10.6 Å². The molecule has 25 heavy (non-hydrogen) atoms. The Hall–Kier alpha value is -1.60. The van der Waals surface area contributed by atoms with Crippen molar-refractivity contribution in [3.8, 4) is 0 Å². The van der Waals surface area contributed by atoms with Crippen LogP contribution in [0.3, 0.4) is 0 Å². The summed E-state index contributed by atoms with van der Waals surface area (Å²) in [5.74, 6) is 0.777. The summed E-state index contributed by atoms with van der Waals surface area (Å²) in [5, 5.41) is 8.42.